The van der Waals surface area contributed by atoms with Gasteiger partial charge in [0.15, 0.2) is 0 Å². The zero-order valence-electron chi connectivity index (χ0n) is 11.2. The summed E-state index contributed by atoms with van der Waals surface area (Å²) in [4.78, 5) is 8.82. The number of hydrogen-bond acceptors (Lipinski definition) is 4. The topological polar surface area (TPSA) is 31.4 Å². The van der Waals surface area contributed by atoms with E-state index >= 15 is 0 Å². The Morgan fingerprint density at radius 1 is 1.37 bits per heavy atom. The van der Waals surface area contributed by atoms with Crippen molar-refractivity contribution in [3.8, 4) is 0 Å². The molecule has 106 valence electrons. The quantitative estimate of drug-likeness (QED) is 0.840. The van der Waals surface area contributed by atoms with Crippen LogP contribution in [0, 0.1) is 0 Å². The number of hydrogen-bond donors (Lipinski definition) is 1. The minimum atomic E-state index is 0.442. The molecule has 1 N–H and O–H groups in total. The Bertz CT molecular complexity index is 408. The van der Waals surface area contributed by atoms with Crippen LogP contribution < -0.4 is 5.32 Å². The van der Waals surface area contributed by atoms with Crippen LogP contribution >= 0.6 is 23.2 Å². The normalized spacial score (nSPS) is 17.1. The lowest BCUT2D eigenvalue weighted by Crippen LogP contribution is -2.45. The van der Waals surface area contributed by atoms with Gasteiger partial charge in [0.1, 0.15) is 5.15 Å². The highest BCUT2D eigenvalue weighted by atomic mass is 35.5. The first-order valence-electron chi connectivity index (χ1n) is 6.56. The third-order valence-electron chi connectivity index (χ3n) is 3.34. The van der Waals surface area contributed by atoms with Gasteiger partial charge in [0.2, 0.25) is 0 Å². The standard InChI is InChI=1S/C13H20Cl2N4/c1-18(6-7-19-4-2-16-3-5-19)10-11-9-17-13(15)8-12(11)14/h8-9,16H,2-7,10H2,1H3. The molecule has 0 amide bonds. The zero-order valence-corrected chi connectivity index (χ0v) is 12.7. The number of aromatic nitrogens is 1. The molecule has 19 heavy (non-hydrogen) atoms. The van der Waals surface area contributed by atoms with Gasteiger partial charge in [-0.1, -0.05) is 23.2 Å². The molecule has 0 unspecified atom stereocenters. The smallest absolute Gasteiger partial charge is 0.130 e. The summed E-state index contributed by atoms with van der Waals surface area (Å²) < 4.78 is 0. The van der Waals surface area contributed by atoms with Crippen molar-refractivity contribution in [2.24, 2.45) is 0 Å². The average molecular weight is 303 g/mol. The minimum Gasteiger partial charge on any atom is -0.314 e. The Morgan fingerprint density at radius 3 is 2.79 bits per heavy atom. The summed E-state index contributed by atoms with van der Waals surface area (Å²) in [5.41, 5.74) is 1.02. The van der Waals surface area contributed by atoms with E-state index in [0.717, 1.165) is 51.4 Å². The SMILES string of the molecule is CN(CCN1CCNCC1)Cc1cnc(Cl)cc1Cl. The molecule has 4 nitrogen and oxygen atoms in total. The molecule has 0 radical (unpaired) electrons. The average Bonchev–Trinajstić information content (AvgIpc) is 2.41. The van der Waals surface area contributed by atoms with Gasteiger partial charge in [0.25, 0.3) is 0 Å². The third kappa shape index (κ3) is 4.89. The van der Waals surface area contributed by atoms with Crippen LogP contribution in [0.1, 0.15) is 5.56 Å². The van der Waals surface area contributed by atoms with Crippen molar-refractivity contribution in [1.29, 1.82) is 0 Å². The summed E-state index contributed by atoms with van der Waals surface area (Å²) in [7, 11) is 2.10. The molecular weight excluding hydrogens is 283 g/mol. The Morgan fingerprint density at radius 2 is 2.11 bits per heavy atom. The van der Waals surface area contributed by atoms with Gasteiger partial charge in [-0.2, -0.15) is 0 Å². The van der Waals surface area contributed by atoms with Crippen molar-refractivity contribution in [2.75, 3.05) is 46.3 Å². The van der Waals surface area contributed by atoms with Gasteiger partial charge in [-0.25, -0.2) is 4.98 Å². The van der Waals surface area contributed by atoms with Crippen molar-refractivity contribution in [2.45, 2.75) is 6.54 Å². The molecular formula is C13H20Cl2N4. The van der Waals surface area contributed by atoms with Gasteiger partial charge in [0, 0.05) is 62.6 Å². The first kappa shape index (κ1) is 15.0. The maximum atomic E-state index is 6.15. The second kappa shape index (κ2) is 7.41. The van der Waals surface area contributed by atoms with Gasteiger partial charge in [-0.05, 0) is 13.1 Å². The predicted octanol–water partition coefficient (Wildman–Crippen LogP) is 1.73. The summed E-state index contributed by atoms with van der Waals surface area (Å²) in [6.45, 7) is 7.38. The lowest BCUT2D eigenvalue weighted by atomic mass is 10.2. The zero-order chi connectivity index (χ0) is 13.7. The van der Waals surface area contributed by atoms with E-state index in [0.29, 0.717) is 10.2 Å². The molecule has 0 aromatic carbocycles. The number of halogens is 2. The van der Waals surface area contributed by atoms with Crippen LogP contribution in [0.25, 0.3) is 0 Å². The summed E-state index contributed by atoms with van der Waals surface area (Å²) >= 11 is 11.9. The van der Waals surface area contributed by atoms with Crippen LogP contribution in [0.5, 0.6) is 0 Å². The van der Waals surface area contributed by atoms with Gasteiger partial charge >= 0.3 is 0 Å². The van der Waals surface area contributed by atoms with E-state index < -0.39 is 0 Å². The Labute approximate surface area is 124 Å². The van der Waals surface area contributed by atoms with E-state index in [1.807, 2.05) is 0 Å². The monoisotopic (exact) mass is 302 g/mol. The molecule has 0 saturated carbocycles. The predicted molar refractivity (Wildman–Crippen MR) is 79.9 cm³/mol. The number of pyridine rings is 1. The summed E-state index contributed by atoms with van der Waals surface area (Å²) in [6, 6.07) is 1.70. The summed E-state index contributed by atoms with van der Waals surface area (Å²) in [6.07, 6.45) is 1.76. The van der Waals surface area contributed by atoms with Crippen molar-refractivity contribution >= 4 is 23.2 Å². The van der Waals surface area contributed by atoms with E-state index in [1.54, 1.807) is 12.3 Å². The van der Waals surface area contributed by atoms with Crippen LogP contribution in [0.2, 0.25) is 10.2 Å². The lowest BCUT2D eigenvalue weighted by molar-refractivity contribution is 0.202. The summed E-state index contributed by atoms with van der Waals surface area (Å²) in [5.74, 6) is 0. The fraction of sp³-hybridized carbons (Fsp3) is 0.615. The van der Waals surface area contributed by atoms with E-state index in [4.69, 9.17) is 23.2 Å². The second-order valence-corrected chi connectivity index (χ2v) is 5.72. The number of piperazine rings is 1. The fourth-order valence-electron chi connectivity index (χ4n) is 2.17. The molecule has 0 atom stereocenters. The van der Waals surface area contributed by atoms with Crippen molar-refractivity contribution in [3.63, 3.8) is 0 Å². The minimum absolute atomic E-state index is 0.442. The number of nitrogens with one attached hydrogen (secondary N) is 1. The van der Waals surface area contributed by atoms with Crippen molar-refractivity contribution < 1.29 is 0 Å². The maximum Gasteiger partial charge on any atom is 0.130 e. The first-order valence-corrected chi connectivity index (χ1v) is 7.32. The Hall–Kier alpha value is -0.390. The first-order chi connectivity index (χ1) is 9.15. The molecule has 0 spiro atoms. The number of nitrogens with zero attached hydrogens (tertiary/aromatic N) is 3. The van der Waals surface area contributed by atoms with Crippen molar-refractivity contribution in [1.82, 2.24) is 20.1 Å². The highest BCUT2D eigenvalue weighted by Crippen LogP contribution is 2.19. The van der Waals surface area contributed by atoms with E-state index in [2.05, 4.69) is 27.1 Å². The number of rotatable bonds is 5. The van der Waals surface area contributed by atoms with Crippen LogP contribution in [-0.4, -0.2) is 61.1 Å². The summed E-state index contributed by atoms with van der Waals surface area (Å²) in [5, 5.41) is 4.49. The fourth-order valence-corrected chi connectivity index (χ4v) is 2.59. The molecule has 1 fully saturated rings. The highest BCUT2D eigenvalue weighted by Gasteiger charge is 2.11. The van der Waals surface area contributed by atoms with E-state index in [1.165, 1.54) is 0 Å². The van der Waals surface area contributed by atoms with Gasteiger partial charge < -0.3 is 10.2 Å². The Kier molecular flexibility index (Phi) is 5.85. The highest BCUT2D eigenvalue weighted by molar-refractivity contribution is 6.34. The molecule has 0 aliphatic carbocycles. The Balaban J connectivity index is 1.78. The van der Waals surface area contributed by atoms with Crippen LogP contribution in [-0.2, 0) is 6.54 Å². The largest absolute Gasteiger partial charge is 0.314 e. The van der Waals surface area contributed by atoms with Gasteiger partial charge in [-0.15, -0.1) is 0 Å². The molecule has 2 heterocycles. The molecule has 0 bridgehead atoms. The maximum absolute atomic E-state index is 6.15. The lowest BCUT2D eigenvalue weighted by Gasteiger charge is -2.29. The van der Waals surface area contributed by atoms with Crippen LogP contribution in [0.4, 0.5) is 0 Å². The molecule has 1 aromatic rings. The molecule has 1 aliphatic rings. The molecule has 1 saturated heterocycles. The van der Waals surface area contributed by atoms with Crippen LogP contribution in [0.3, 0.4) is 0 Å². The van der Waals surface area contributed by atoms with Gasteiger partial charge in [0.05, 0.1) is 0 Å². The van der Waals surface area contributed by atoms with Crippen molar-refractivity contribution in [3.05, 3.63) is 28.0 Å². The molecule has 2 rings (SSSR count). The van der Waals surface area contributed by atoms with E-state index in [-0.39, 0.29) is 0 Å². The van der Waals surface area contributed by atoms with Gasteiger partial charge in [-0.3, -0.25) is 4.90 Å². The number of likely N-dealkylation sites (N-methyl/N-ethyl adjacent to an activating group) is 1. The molecule has 1 aliphatic heterocycles. The van der Waals surface area contributed by atoms with Crippen LogP contribution in [0.15, 0.2) is 12.3 Å². The van der Waals surface area contributed by atoms with E-state index in [9.17, 15) is 0 Å². The third-order valence-corrected chi connectivity index (χ3v) is 3.90. The molecule has 1 aromatic heterocycles. The second-order valence-electron chi connectivity index (χ2n) is 4.93. The molecule has 6 heteroatoms.